The Kier molecular flexibility index (Phi) is 14.8. The third kappa shape index (κ3) is 6.33. The van der Waals surface area contributed by atoms with Crippen LogP contribution in [0.2, 0.25) is 0 Å². The molecule has 2 radical (unpaired) electrons. The third-order valence-electron chi connectivity index (χ3n) is 1.15. The molecule has 0 aromatic rings. The molecule has 8 heavy (non-hydrogen) atoms. The standard InChI is InChI=1S/C6H10.2Y/c1-2-4-6-5-3-1;;/h1,6H,2-5H2;;/q-2;;. The van der Waals surface area contributed by atoms with Crippen molar-refractivity contribution in [2.45, 2.75) is 25.7 Å². The molecule has 0 unspecified atom stereocenters. The molecule has 0 amide bonds. The Bertz CT molecular complexity index is 22.0. The maximum atomic E-state index is 2.36. The molecule has 1 fully saturated rings. The van der Waals surface area contributed by atoms with Crippen molar-refractivity contribution in [1.29, 1.82) is 0 Å². The van der Waals surface area contributed by atoms with Gasteiger partial charge in [-0.25, -0.2) is 25.7 Å². The zero-order valence-corrected chi connectivity index (χ0v) is 10.8. The van der Waals surface area contributed by atoms with Crippen LogP contribution in [0.25, 0.3) is 0 Å². The quantitative estimate of drug-likeness (QED) is 0.584. The SMILES string of the molecule is [CH-]1CC[CH-]CC1.[Y].[Y]. The zero-order valence-electron chi connectivity index (χ0n) is 5.14. The van der Waals surface area contributed by atoms with Crippen molar-refractivity contribution in [3.8, 4) is 0 Å². The van der Waals surface area contributed by atoms with Gasteiger partial charge in [-0.1, -0.05) is 0 Å². The molecule has 42 valence electrons. The summed E-state index contributed by atoms with van der Waals surface area (Å²) in [5.74, 6) is 0. The van der Waals surface area contributed by atoms with Crippen molar-refractivity contribution >= 4 is 0 Å². The van der Waals surface area contributed by atoms with E-state index in [1.165, 1.54) is 25.7 Å². The summed E-state index contributed by atoms with van der Waals surface area (Å²) in [6.07, 6.45) is 10.0. The number of rotatable bonds is 0. The van der Waals surface area contributed by atoms with Gasteiger partial charge in [-0.2, -0.15) is 0 Å². The van der Waals surface area contributed by atoms with Gasteiger partial charge in [0, 0.05) is 65.4 Å². The molecule has 0 saturated heterocycles. The van der Waals surface area contributed by atoms with Gasteiger partial charge in [0.05, 0.1) is 0 Å². The van der Waals surface area contributed by atoms with Crippen molar-refractivity contribution in [3.63, 3.8) is 0 Å². The molecule has 1 aliphatic rings. The van der Waals surface area contributed by atoms with Crippen LogP contribution < -0.4 is 0 Å². The fraction of sp³-hybridized carbons (Fsp3) is 0.667. The fourth-order valence-corrected chi connectivity index (χ4v) is 0.760. The summed E-state index contributed by atoms with van der Waals surface area (Å²) in [5.41, 5.74) is 0. The molecule has 0 spiro atoms. The van der Waals surface area contributed by atoms with Gasteiger partial charge < -0.3 is 12.8 Å². The van der Waals surface area contributed by atoms with Gasteiger partial charge in [0.25, 0.3) is 0 Å². The first-order valence-electron chi connectivity index (χ1n) is 2.63. The Morgan fingerprint density at radius 1 is 0.625 bits per heavy atom. The predicted octanol–water partition coefficient (Wildman–Crippen LogP) is 1.96. The maximum absolute atomic E-state index is 2.36. The largest absolute Gasteiger partial charge is 0.333 e. The Labute approximate surface area is 102 Å². The van der Waals surface area contributed by atoms with Gasteiger partial charge in [0.2, 0.25) is 0 Å². The smallest absolute Gasteiger partial charge is 0 e. The van der Waals surface area contributed by atoms with Crippen LogP contribution in [-0.4, -0.2) is 0 Å². The van der Waals surface area contributed by atoms with Crippen LogP contribution in [-0.2, 0) is 65.4 Å². The first-order chi connectivity index (χ1) is 3.00. The summed E-state index contributed by atoms with van der Waals surface area (Å²) < 4.78 is 0. The molecule has 0 aromatic carbocycles. The number of hydrogen-bond acceptors (Lipinski definition) is 0. The van der Waals surface area contributed by atoms with E-state index in [4.69, 9.17) is 0 Å². The molecule has 0 nitrogen and oxygen atoms in total. The molecule has 0 atom stereocenters. The van der Waals surface area contributed by atoms with Gasteiger partial charge in [0.1, 0.15) is 0 Å². The molecular weight excluding hydrogens is 250 g/mol. The van der Waals surface area contributed by atoms with Gasteiger partial charge in [0.15, 0.2) is 0 Å². The monoisotopic (exact) mass is 260 g/mol. The van der Waals surface area contributed by atoms with Crippen LogP contribution in [0.15, 0.2) is 0 Å². The summed E-state index contributed by atoms with van der Waals surface area (Å²) >= 11 is 0. The second-order valence-electron chi connectivity index (χ2n) is 1.73. The van der Waals surface area contributed by atoms with E-state index < -0.39 is 0 Å². The molecule has 1 aliphatic carbocycles. The second-order valence-corrected chi connectivity index (χ2v) is 1.73. The molecule has 0 aliphatic heterocycles. The molecule has 1 saturated carbocycles. The third-order valence-corrected chi connectivity index (χ3v) is 1.15. The minimum atomic E-state index is 0. The summed E-state index contributed by atoms with van der Waals surface area (Å²) in [6.45, 7) is 0. The van der Waals surface area contributed by atoms with E-state index in [1.54, 1.807) is 0 Å². The van der Waals surface area contributed by atoms with Crippen LogP contribution in [0.3, 0.4) is 0 Å². The second kappa shape index (κ2) is 9.21. The minimum Gasteiger partial charge on any atom is -0.333 e. The Hall–Kier alpha value is 2.21. The van der Waals surface area contributed by atoms with Crippen LogP contribution >= 0.6 is 0 Å². The van der Waals surface area contributed by atoms with Crippen LogP contribution in [0.1, 0.15) is 25.7 Å². The van der Waals surface area contributed by atoms with E-state index in [2.05, 4.69) is 12.8 Å². The van der Waals surface area contributed by atoms with Crippen molar-refractivity contribution in [2.75, 3.05) is 0 Å². The van der Waals surface area contributed by atoms with E-state index in [0.29, 0.717) is 0 Å². The maximum Gasteiger partial charge on any atom is 0 e. The molecular formula is C6H10Y2-2. The zero-order chi connectivity index (χ0) is 4.24. The Morgan fingerprint density at radius 3 is 1.00 bits per heavy atom. The molecule has 2 heteroatoms. The first kappa shape index (κ1) is 12.8. The van der Waals surface area contributed by atoms with Crippen LogP contribution in [0.5, 0.6) is 0 Å². The van der Waals surface area contributed by atoms with E-state index in [9.17, 15) is 0 Å². The predicted molar refractivity (Wildman–Crippen MR) is 27.1 cm³/mol. The number of hydrogen-bond donors (Lipinski definition) is 0. The van der Waals surface area contributed by atoms with Crippen LogP contribution in [0.4, 0.5) is 0 Å². The normalized spacial score (nSPS) is 18.0. The summed E-state index contributed by atoms with van der Waals surface area (Å²) in [4.78, 5) is 0. The van der Waals surface area contributed by atoms with Crippen molar-refractivity contribution in [3.05, 3.63) is 12.8 Å². The molecule has 0 bridgehead atoms. The van der Waals surface area contributed by atoms with E-state index in [0.717, 1.165) is 0 Å². The minimum absolute atomic E-state index is 0. The van der Waals surface area contributed by atoms with E-state index >= 15 is 0 Å². The summed E-state index contributed by atoms with van der Waals surface area (Å²) in [5, 5.41) is 0. The van der Waals surface area contributed by atoms with Crippen LogP contribution in [0, 0.1) is 12.8 Å². The van der Waals surface area contributed by atoms with E-state index in [-0.39, 0.29) is 65.4 Å². The van der Waals surface area contributed by atoms with E-state index in [1.807, 2.05) is 0 Å². The van der Waals surface area contributed by atoms with Crippen molar-refractivity contribution in [2.24, 2.45) is 0 Å². The first-order valence-corrected chi connectivity index (χ1v) is 2.63. The molecule has 0 N–H and O–H groups in total. The van der Waals surface area contributed by atoms with Gasteiger partial charge in [-0.05, 0) is 0 Å². The van der Waals surface area contributed by atoms with Gasteiger partial charge >= 0.3 is 0 Å². The van der Waals surface area contributed by atoms with Gasteiger partial charge in [-0.15, -0.1) is 0 Å². The van der Waals surface area contributed by atoms with Gasteiger partial charge in [-0.3, -0.25) is 0 Å². The van der Waals surface area contributed by atoms with Crippen molar-refractivity contribution < 1.29 is 65.4 Å². The summed E-state index contributed by atoms with van der Waals surface area (Å²) in [7, 11) is 0. The van der Waals surface area contributed by atoms with Crippen molar-refractivity contribution in [1.82, 2.24) is 0 Å². The fourth-order valence-electron chi connectivity index (χ4n) is 0.760. The Morgan fingerprint density at radius 2 is 0.875 bits per heavy atom. The Balaban J connectivity index is 0. The molecule has 0 aromatic heterocycles. The average Bonchev–Trinajstić information content (AvgIpc) is 1.72. The molecule has 1 rings (SSSR count). The molecule has 0 heterocycles. The summed E-state index contributed by atoms with van der Waals surface area (Å²) in [6, 6.07) is 0. The topological polar surface area (TPSA) is 0 Å². The average molecular weight is 260 g/mol.